The number of carbonyl (C=O) groups excluding carboxylic acids is 1. The van der Waals surface area contributed by atoms with Crippen LogP contribution in [0.5, 0.6) is 0 Å². The van der Waals surface area contributed by atoms with Crippen LogP contribution < -0.4 is 5.32 Å². The predicted molar refractivity (Wildman–Crippen MR) is 83.7 cm³/mol. The Morgan fingerprint density at radius 1 is 1.42 bits per heavy atom. The highest BCUT2D eigenvalue weighted by molar-refractivity contribution is 5.85. The van der Waals surface area contributed by atoms with Crippen LogP contribution in [0.4, 0.5) is 0 Å². The van der Waals surface area contributed by atoms with Gasteiger partial charge in [-0.05, 0) is 43.7 Å². The first-order chi connectivity index (χ1) is 8.54. The molecule has 1 aliphatic heterocycles. The zero-order valence-electron chi connectivity index (χ0n) is 12.9. The molecule has 1 amide bonds. The Morgan fingerprint density at radius 3 is 2.63 bits per heavy atom. The van der Waals surface area contributed by atoms with E-state index in [9.17, 15) is 4.79 Å². The van der Waals surface area contributed by atoms with E-state index in [4.69, 9.17) is 0 Å². The van der Waals surface area contributed by atoms with Crippen LogP contribution in [0.1, 0.15) is 46.5 Å². The highest BCUT2D eigenvalue weighted by Gasteiger charge is 2.23. The second-order valence-corrected chi connectivity index (χ2v) is 6.08. The van der Waals surface area contributed by atoms with Gasteiger partial charge in [0.1, 0.15) is 0 Å². The van der Waals surface area contributed by atoms with Crippen LogP contribution in [0.3, 0.4) is 0 Å². The molecule has 1 fully saturated rings. The lowest BCUT2D eigenvalue weighted by Crippen LogP contribution is -2.37. The third kappa shape index (κ3) is 6.62. The molecule has 114 valence electrons. The average Bonchev–Trinajstić information content (AvgIpc) is 2.39. The standard InChI is InChI=1S/C15H30N2O.ClH/c1-5-12(2)11-17(4)15(18)9-13(3)14-7-6-8-16-10-14;/h12-14,16H,5-11H2,1-4H3;1H. The Balaban J connectivity index is 0.00000324. The van der Waals surface area contributed by atoms with Gasteiger partial charge >= 0.3 is 0 Å². The Kier molecular flexibility index (Phi) is 9.46. The van der Waals surface area contributed by atoms with Gasteiger partial charge in [-0.25, -0.2) is 0 Å². The van der Waals surface area contributed by atoms with Gasteiger partial charge in [-0.2, -0.15) is 0 Å². The van der Waals surface area contributed by atoms with E-state index in [1.54, 1.807) is 0 Å². The fraction of sp³-hybridized carbons (Fsp3) is 0.933. The van der Waals surface area contributed by atoms with E-state index in [0.717, 1.165) is 26.1 Å². The lowest BCUT2D eigenvalue weighted by atomic mass is 9.85. The molecule has 3 atom stereocenters. The van der Waals surface area contributed by atoms with Gasteiger partial charge in [0.2, 0.25) is 5.91 Å². The first kappa shape index (κ1) is 18.7. The van der Waals surface area contributed by atoms with Gasteiger partial charge in [-0.15, -0.1) is 12.4 Å². The fourth-order valence-corrected chi connectivity index (χ4v) is 2.66. The molecule has 0 spiro atoms. The number of halogens is 1. The van der Waals surface area contributed by atoms with Gasteiger partial charge in [-0.3, -0.25) is 4.79 Å². The normalized spacial score (nSPS) is 22.2. The van der Waals surface area contributed by atoms with Crippen LogP contribution in [0.15, 0.2) is 0 Å². The molecule has 0 bridgehead atoms. The molecule has 3 unspecified atom stereocenters. The maximum absolute atomic E-state index is 12.2. The molecule has 19 heavy (non-hydrogen) atoms. The Hall–Kier alpha value is -0.280. The lowest BCUT2D eigenvalue weighted by molar-refractivity contribution is -0.131. The summed E-state index contributed by atoms with van der Waals surface area (Å²) in [5.74, 6) is 2.10. The summed E-state index contributed by atoms with van der Waals surface area (Å²) in [6.07, 6.45) is 4.38. The molecule has 1 saturated heterocycles. The summed E-state index contributed by atoms with van der Waals surface area (Å²) in [6.45, 7) is 9.74. The van der Waals surface area contributed by atoms with Crippen molar-refractivity contribution in [2.45, 2.75) is 46.5 Å². The molecule has 0 aromatic carbocycles. The molecule has 4 heteroatoms. The van der Waals surface area contributed by atoms with Crippen molar-refractivity contribution >= 4 is 18.3 Å². The number of carbonyl (C=O) groups is 1. The number of piperidine rings is 1. The predicted octanol–water partition coefficient (Wildman–Crippen LogP) is 2.94. The largest absolute Gasteiger partial charge is 0.345 e. The summed E-state index contributed by atoms with van der Waals surface area (Å²) in [4.78, 5) is 14.1. The topological polar surface area (TPSA) is 32.3 Å². The molecule has 3 nitrogen and oxygen atoms in total. The number of amides is 1. The maximum atomic E-state index is 12.2. The van der Waals surface area contributed by atoms with Crippen molar-refractivity contribution in [3.05, 3.63) is 0 Å². The fourth-order valence-electron chi connectivity index (χ4n) is 2.66. The zero-order valence-corrected chi connectivity index (χ0v) is 13.8. The summed E-state index contributed by atoms with van der Waals surface area (Å²) in [6, 6.07) is 0. The van der Waals surface area contributed by atoms with E-state index in [2.05, 4.69) is 26.1 Å². The maximum Gasteiger partial charge on any atom is 0.222 e. The van der Waals surface area contributed by atoms with E-state index < -0.39 is 0 Å². The first-order valence-electron chi connectivity index (χ1n) is 7.49. The van der Waals surface area contributed by atoms with Crippen LogP contribution in [-0.4, -0.2) is 37.5 Å². The van der Waals surface area contributed by atoms with E-state index in [1.165, 1.54) is 12.8 Å². The molecule has 0 aliphatic carbocycles. The summed E-state index contributed by atoms with van der Waals surface area (Å²) in [7, 11) is 1.94. The van der Waals surface area contributed by atoms with Gasteiger partial charge in [0.05, 0.1) is 0 Å². The van der Waals surface area contributed by atoms with Crippen LogP contribution in [0.2, 0.25) is 0 Å². The minimum atomic E-state index is 0. The molecular weight excluding hydrogens is 260 g/mol. The summed E-state index contributed by atoms with van der Waals surface area (Å²) >= 11 is 0. The molecule has 1 rings (SSSR count). The molecule has 0 saturated carbocycles. The highest BCUT2D eigenvalue weighted by Crippen LogP contribution is 2.23. The Labute approximate surface area is 124 Å². The molecule has 0 aromatic heterocycles. The molecular formula is C15H31ClN2O. The van der Waals surface area contributed by atoms with Crippen molar-refractivity contribution in [1.29, 1.82) is 0 Å². The zero-order chi connectivity index (χ0) is 13.5. The number of hydrogen-bond donors (Lipinski definition) is 1. The van der Waals surface area contributed by atoms with Gasteiger partial charge in [0.15, 0.2) is 0 Å². The average molecular weight is 291 g/mol. The molecule has 0 radical (unpaired) electrons. The van der Waals surface area contributed by atoms with Crippen molar-refractivity contribution in [2.75, 3.05) is 26.7 Å². The third-order valence-electron chi connectivity index (χ3n) is 4.34. The summed E-state index contributed by atoms with van der Waals surface area (Å²) < 4.78 is 0. The number of hydrogen-bond acceptors (Lipinski definition) is 2. The van der Waals surface area contributed by atoms with Crippen LogP contribution in [-0.2, 0) is 4.79 Å². The first-order valence-corrected chi connectivity index (χ1v) is 7.49. The monoisotopic (exact) mass is 290 g/mol. The van der Waals surface area contributed by atoms with E-state index in [-0.39, 0.29) is 12.4 Å². The SMILES string of the molecule is CCC(C)CN(C)C(=O)CC(C)C1CCCNC1.Cl. The molecule has 0 aromatic rings. The van der Waals surface area contributed by atoms with Crippen LogP contribution in [0.25, 0.3) is 0 Å². The summed E-state index contributed by atoms with van der Waals surface area (Å²) in [5, 5.41) is 3.43. The van der Waals surface area contributed by atoms with Gasteiger partial charge < -0.3 is 10.2 Å². The van der Waals surface area contributed by atoms with E-state index in [1.807, 2.05) is 11.9 Å². The van der Waals surface area contributed by atoms with Crippen molar-refractivity contribution < 1.29 is 4.79 Å². The number of rotatable bonds is 6. The Bertz CT molecular complexity index is 255. The second-order valence-electron chi connectivity index (χ2n) is 6.08. The third-order valence-corrected chi connectivity index (χ3v) is 4.34. The summed E-state index contributed by atoms with van der Waals surface area (Å²) in [5.41, 5.74) is 0. The Morgan fingerprint density at radius 2 is 2.11 bits per heavy atom. The van der Waals surface area contributed by atoms with E-state index >= 15 is 0 Å². The van der Waals surface area contributed by atoms with Crippen LogP contribution in [0, 0.1) is 17.8 Å². The van der Waals surface area contributed by atoms with Crippen molar-refractivity contribution in [3.63, 3.8) is 0 Å². The van der Waals surface area contributed by atoms with Gasteiger partial charge in [0, 0.05) is 20.0 Å². The van der Waals surface area contributed by atoms with Gasteiger partial charge in [0.25, 0.3) is 0 Å². The van der Waals surface area contributed by atoms with Gasteiger partial charge in [-0.1, -0.05) is 27.2 Å². The van der Waals surface area contributed by atoms with Crippen molar-refractivity contribution in [2.24, 2.45) is 17.8 Å². The molecule has 1 N–H and O–H groups in total. The quantitative estimate of drug-likeness (QED) is 0.816. The smallest absolute Gasteiger partial charge is 0.222 e. The number of nitrogens with one attached hydrogen (secondary N) is 1. The van der Waals surface area contributed by atoms with Crippen molar-refractivity contribution in [3.8, 4) is 0 Å². The molecule has 1 aliphatic rings. The highest BCUT2D eigenvalue weighted by atomic mass is 35.5. The number of nitrogens with zero attached hydrogens (tertiary/aromatic N) is 1. The molecule has 1 heterocycles. The minimum Gasteiger partial charge on any atom is -0.345 e. The second kappa shape index (κ2) is 9.60. The van der Waals surface area contributed by atoms with Crippen LogP contribution >= 0.6 is 12.4 Å². The van der Waals surface area contributed by atoms with E-state index in [0.29, 0.717) is 30.1 Å². The lowest BCUT2D eigenvalue weighted by Gasteiger charge is -2.29. The minimum absolute atomic E-state index is 0. The van der Waals surface area contributed by atoms with Crippen molar-refractivity contribution in [1.82, 2.24) is 10.2 Å².